The summed E-state index contributed by atoms with van der Waals surface area (Å²) in [6, 6.07) is 8.05. The van der Waals surface area contributed by atoms with E-state index in [0.29, 0.717) is 17.8 Å². The Morgan fingerprint density at radius 1 is 1.19 bits per heavy atom. The van der Waals surface area contributed by atoms with Gasteiger partial charge in [-0.3, -0.25) is 4.79 Å². The smallest absolute Gasteiger partial charge is 0.251 e. The molecule has 0 atom stereocenters. The molecule has 1 amide bonds. The van der Waals surface area contributed by atoms with E-state index in [-0.39, 0.29) is 17.3 Å². The Bertz CT molecular complexity index is 654. The average Bonchev–Trinajstić information content (AvgIpc) is 2.44. The first-order chi connectivity index (χ1) is 10.0. The van der Waals surface area contributed by atoms with Crippen molar-refractivity contribution < 1.29 is 13.6 Å². The second-order valence-electron chi connectivity index (χ2n) is 4.38. The van der Waals surface area contributed by atoms with Crippen molar-refractivity contribution in [1.29, 1.82) is 0 Å². The summed E-state index contributed by atoms with van der Waals surface area (Å²) >= 11 is 0. The van der Waals surface area contributed by atoms with Crippen LogP contribution in [0.15, 0.2) is 36.4 Å². The zero-order chi connectivity index (χ0) is 15.4. The molecule has 0 bridgehead atoms. The number of hydrogen-bond donors (Lipinski definition) is 3. The molecule has 0 aromatic heterocycles. The van der Waals surface area contributed by atoms with E-state index in [9.17, 15) is 13.6 Å². The van der Waals surface area contributed by atoms with Gasteiger partial charge in [0.05, 0.1) is 11.4 Å². The first kappa shape index (κ1) is 14.8. The van der Waals surface area contributed by atoms with E-state index in [1.54, 1.807) is 6.92 Å². The molecule has 4 nitrogen and oxygen atoms in total. The minimum Gasteiger partial charge on any atom is -0.397 e. The standard InChI is InChI=1S/C15H15F2N3O/c1-2-19-15(21)9-6-7-13(12(18)8-9)20-14-10(16)4-3-5-11(14)17/h3-8,20H,2,18H2,1H3,(H,19,21). The third kappa shape index (κ3) is 3.28. The summed E-state index contributed by atoms with van der Waals surface area (Å²) in [6.07, 6.45) is 0. The van der Waals surface area contributed by atoms with Crippen molar-refractivity contribution in [3.63, 3.8) is 0 Å². The number of nitrogens with two attached hydrogens (primary N) is 1. The molecule has 110 valence electrons. The zero-order valence-corrected chi connectivity index (χ0v) is 11.4. The average molecular weight is 291 g/mol. The van der Waals surface area contributed by atoms with Crippen molar-refractivity contribution in [3.8, 4) is 0 Å². The molecule has 0 heterocycles. The molecule has 0 aliphatic rings. The number of hydrogen-bond acceptors (Lipinski definition) is 3. The molecule has 4 N–H and O–H groups in total. The number of carbonyl (C=O) groups excluding carboxylic acids is 1. The van der Waals surface area contributed by atoms with Crippen LogP contribution >= 0.6 is 0 Å². The molecule has 0 aliphatic carbocycles. The van der Waals surface area contributed by atoms with Crippen LogP contribution in [0.4, 0.5) is 25.8 Å². The van der Waals surface area contributed by atoms with Crippen LogP contribution in [0.3, 0.4) is 0 Å². The van der Waals surface area contributed by atoms with Gasteiger partial charge in [-0.05, 0) is 37.3 Å². The van der Waals surface area contributed by atoms with Crippen LogP contribution in [-0.4, -0.2) is 12.5 Å². The van der Waals surface area contributed by atoms with Crippen molar-refractivity contribution >= 4 is 23.0 Å². The Balaban J connectivity index is 2.28. The number of rotatable bonds is 4. The monoisotopic (exact) mass is 291 g/mol. The first-order valence-electron chi connectivity index (χ1n) is 6.41. The molecule has 0 radical (unpaired) electrons. The summed E-state index contributed by atoms with van der Waals surface area (Å²) in [5.41, 5.74) is 6.47. The van der Waals surface area contributed by atoms with Crippen LogP contribution in [0.2, 0.25) is 0 Å². The second-order valence-corrected chi connectivity index (χ2v) is 4.38. The van der Waals surface area contributed by atoms with Gasteiger partial charge >= 0.3 is 0 Å². The minimum absolute atomic E-state index is 0.224. The van der Waals surface area contributed by atoms with Gasteiger partial charge in [0.1, 0.15) is 17.3 Å². The molecule has 21 heavy (non-hydrogen) atoms. The van der Waals surface area contributed by atoms with E-state index < -0.39 is 11.6 Å². The maximum absolute atomic E-state index is 13.6. The normalized spacial score (nSPS) is 10.2. The molecule has 0 saturated carbocycles. The summed E-state index contributed by atoms with van der Waals surface area (Å²) in [5, 5.41) is 5.24. The summed E-state index contributed by atoms with van der Waals surface area (Å²) < 4.78 is 27.1. The topological polar surface area (TPSA) is 67.2 Å². The Morgan fingerprint density at radius 3 is 2.43 bits per heavy atom. The molecule has 0 saturated heterocycles. The molecule has 0 fully saturated rings. The van der Waals surface area contributed by atoms with E-state index in [1.807, 2.05) is 0 Å². The fraction of sp³-hybridized carbons (Fsp3) is 0.133. The summed E-state index contributed by atoms with van der Waals surface area (Å²) in [6.45, 7) is 2.30. The molecule has 2 aromatic carbocycles. The number of halogens is 2. The first-order valence-corrected chi connectivity index (χ1v) is 6.41. The highest BCUT2D eigenvalue weighted by Gasteiger charge is 2.11. The van der Waals surface area contributed by atoms with Crippen LogP contribution in [-0.2, 0) is 0 Å². The minimum atomic E-state index is -0.720. The number of carbonyl (C=O) groups is 1. The lowest BCUT2D eigenvalue weighted by Gasteiger charge is -2.12. The molecule has 0 unspecified atom stereocenters. The molecule has 0 aliphatic heterocycles. The Labute approximate surface area is 121 Å². The fourth-order valence-electron chi connectivity index (χ4n) is 1.83. The lowest BCUT2D eigenvalue weighted by Crippen LogP contribution is -2.22. The maximum Gasteiger partial charge on any atom is 0.251 e. The van der Waals surface area contributed by atoms with Crippen molar-refractivity contribution in [2.75, 3.05) is 17.6 Å². The van der Waals surface area contributed by atoms with E-state index in [1.165, 1.54) is 24.3 Å². The third-order valence-corrected chi connectivity index (χ3v) is 2.87. The largest absolute Gasteiger partial charge is 0.397 e. The van der Waals surface area contributed by atoms with E-state index in [2.05, 4.69) is 10.6 Å². The molecule has 2 aromatic rings. The molecular weight excluding hydrogens is 276 g/mol. The lowest BCUT2D eigenvalue weighted by molar-refractivity contribution is 0.0956. The van der Waals surface area contributed by atoms with Gasteiger partial charge in [0.25, 0.3) is 5.91 Å². The SMILES string of the molecule is CCNC(=O)c1ccc(Nc2c(F)cccc2F)c(N)c1. The van der Waals surface area contributed by atoms with Crippen molar-refractivity contribution in [2.24, 2.45) is 0 Å². The van der Waals surface area contributed by atoms with E-state index in [0.717, 1.165) is 12.1 Å². The summed E-state index contributed by atoms with van der Waals surface area (Å²) in [4.78, 5) is 11.7. The van der Waals surface area contributed by atoms with Gasteiger partial charge in [0.15, 0.2) is 0 Å². The van der Waals surface area contributed by atoms with Gasteiger partial charge in [0, 0.05) is 12.1 Å². The highest BCUT2D eigenvalue weighted by atomic mass is 19.1. The number of anilines is 3. The number of para-hydroxylation sites is 1. The predicted molar refractivity (Wildman–Crippen MR) is 78.5 cm³/mol. The third-order valence-electron chi connectivity index (χ3n) is 2.87. The highest BCUT2D eigenvalue weighted by molar-refractivity contribution is 5.96. The Kier molecular flexibility index (Phi) is 4.37. The van der Waals surface area contributed by atoms with E-state index >= 15 is 0 Å². The number of nitrogen functional groups attached to an aromatic ring is 1. The van der Waals surface area contributed by atoms with Gasteiger partial charge < -0.3 is 16.4 Å². The molecule has 6 heteroatoms. The zero-order valence-electron chi connectivity index (χ0n) is 11.4. The maximum atomic E-state index is 13.6. The Morgan fingerprint density at radius 2 is 1.86 bits per heavy atom. The lowest BCUT2D eigenvalue weighted by atomic mass is 10.1. The Hall–Kier alpha value is -2.63. The highest BCUT2D eigenvalue weighted by Crippen LogP contribution is 2.27. The summed E-state index contributed by atoms with van der Waals surface area (Å²) in [7, 11) is 0. The quantitative estimate of drug-likeness (QED) is 0.758. The van der Waals surface area contributed by atoms with Crippen LogP contribution in [0.5, 0.6) is 0 Å². The van der Waals surface area contributed by atoms with Gasteiger partial charge in [0.2, 0.25) is 0 Å². The van der Waals surface area contributed by atoms with Crippen molar-refractivity contribution in [2.45, 2.75) is 6.92 Å². The fourth-order valence-corrected chi connectivity index (χ4v) is 1.83. The van der Waals surface area contributed by atoms with Crippen LogP contribution in [0, 0.1) is 11.6 Å². The van der Waals surface area contributed by atoms with Crippen LogP contribution in [0.25, 0.3) is 0 Å². The van der Waals surface area contributed by atoms with Gasteiger partial charge in [-0.2, -0.15) is 0 Å². The second kappa shape index (κ2) is 6.21. The van der Waals surface area contributed by atoms with Gasteiger partial charge in [-0.15, -0.1) is 0 Å². The number of amides is 1. The molecular formula is C15H15F2N3O. The van der Waals surface area contributed by atoms with Crippen molar-refractivity contribution in [3.05, 3.63) is 53.6 Å². The molecule has 0 spiro atoms. The molecule has 2 rings (SSSR count). The predicted octanol–water partition coefficient (Wildman–Crippen LogP) is 3.04. The van der Waals surface area contributed by atoms with Gasteiger partial charge in [-0.25, -0.2) is 8.78 Å². The number of nitrogens with one attached hydrogen (secondary N) is 2. The van der Waals surface area contributed by atoms with Crippen molar-refractivity contribution in [1.82, 2.24) is 5.32 Å². The number of benzene rings is 2. The van der Waals surface area contributed by atoms with Crippen LogP contribution in [0.1, 0.15) is 17.3 Å². The van der Waals surface area contributed by atoms with Gasteiger partial charge in [-0.1, -0.05) is 6.07 Å². The van der Waals surface area contributed by atoms with E-state index in [4.69, 9.17) is 5.73 Å². The summed E-state index contributed by atoms with van der Waals surface area (Å²) in [5.74, 6) is -1.70. The van der Waals surface area contributed by atoms with Crippen LogP contribution < -0.4 is 16.4 Å².